The largest absolute Gasteiger partial charge is 0.419 e. The SMILES string of the molecule is CCCNCc1nnc(-c2c[nH]c(C)cc2=O)o1. The van der Waals surface area contributed by atoms with Crippen molar-refractivity contribution in [1.82, 2.24) is 20.5 Å². The summed E-state index contributed by atoms with van der Waals surface area (Å²) >= 11 is 0. The van der Waals surface area contributed by atoms with Gasteiger partial charge in [-0.15, -0.1) is 10.2 Å². The Balaban J connectivity index is 2.16. The van der Waals surface area contributed by atoms with Crippen molar-refractivity contribution >= 4 is 0 Å². The van der Waals surface area contributed by atoms with Crippen LogP contribution in [0.15, 0.2) is 21.5 Å². The Labute approximate surface area is 104 Å². The molecule has 2 aromatic heterocycles. The molecular weight excluding hydrogens is 232 g/mol. The van der Waals surface area contributed by atoms with Crippen LogP contribution in [0.2, 0.25) is 0 Å². The lowest BCUT2D eigenvalue weighted by Crippen LogP contribution is -2.13. The number of nitrogens with zero attached hydrogens (tertiary/aromatic N) is 2. The number of rotatable bonds is 5. The van der Waals surface area contributed by atoms with E-state index in [-0.39, 0.29) is 11.3 Å². The number of hydrogen-bond donors (Lipinski definition) is 2. The molecule has 0 spiro atoms. The average Bonchev–Trinajstić information content (AvgIpc) is 2.78. The third-order valence-electron chi connectivity index (χ3n) is 2.46. The van der Waals surface area contributed by atoms with E-state index in [2.05, 4.69) is 27.4 Å². The summed E-state index contributed by atoms with van der Waals surface area (Å²) in [6.07, 6.45) is 2.63. The molecule has 0 unspecified atom stereocenters. The van der Waals surface area contributed by atoms with Gasteiger partial charge in [-0.05, 0) is 19.9 Å². The van der Waals surface area contributed by atoms with E-state index in [0.29, 0.717) is 18.0 Å². The fourth-order valence-corrected chi connectivity index (χ4v) is 1.55. The molecule has 0 aromatic carbocycles. The molecule has 0 aliphatic carbocycles. The molecule has 96 valence electrons. The zero-order valence-electron chi connectivity index (χ0n) is 10.5. The predicted molar refractivity (Wildman–Crippen MR) is 67.1 cm³/mol. The van der Waals surface area contributed by atoms with Gasteiger partial charge in [0.1, 0.15) is 5.56 Å². The van der Waals surface area contributed by atoms with E-state index < -0.39 is 0 Å². The van der Waals surface area contributed by atoms with E-state index >= 15 is 0 Å². The molecule has 6 nitrogen and oxygen atoms in total. The minimum absolute atomic E-state index is 0.122. The maximum Gasteiger partial charge on any atom is 0.253 e. The first kappa shape index (κ1) is 12.5. The van der Waals surface area contributed by atoms with Crippen molar-refractivity contribution in [2.75, 3.05) is 6.54 Å². The molecule has 2 heterocycles. The number of nitrogens with one attached hydrogen (secondary N) is 2. The van der Waals surface area contributed by atoms with Crippen LogP contribution in [0.25, 0.3) is 11.5 Å². The van der Waals surface area contributed by atoms with Crippen molar-refractivity contribution in [2.45, 2.75) is 26.8 Å². The molecule has 18 heavy (non-hydrogen) atoms. The first-order valence-electron chi connectivity index (χ1n) is 5.93. The lowest BCUT2D eigenvalue weighted by atomic mass is 10.2. The lowest BCUT2D eigenvalue weighted by Gasteiger charge is -1.97. The second-order valence-corrected chi connectivity index (χ2v) is 4.07. The van der Waals surface area contributed by atoms with Gasteiger partial charge in [-0.25, -0.2) is 0 Å². The standard InChI is InChI=1S/C12H16N4O2/c1-3-4-13-7-11-15-16-12(18-11)9-6-14-8(2)5-10(9)17/h5-6,13H,3-4,7H2,1-2H3,(H,14,17). The Kier molecular flexibility index (Phi) is 3.88. The van der Waals surface area contributed by atoms with Crippen LogP contribution in [0, 0.1) is 6.92 Å². The zero-order chi connectivity index (χ0) is 13.0. The topological polar surface area (TPSA) is 83.8 Å². The maximum absolute atomic E-state index is 11.7. The normalized spacial score (nSPS) is 10.8. The highest BCUT2D eigenvalue weighted by Crippen LogP contribution is 2.12. The zero-order valence-corrected chi connectivity index (χ0v) is 10.5. The minimum Gasteiger partial charge on any atom is -0.419 e. The van der Waals surface area contributed by atoms with Gasteiger partial charge < -0.3 is 14.7 Å². The summed E-state index contributed by atoms with van der Waals surface area (Å²) in [5, 5.41) is 10.9. The summed E-state index contributed by atoms with van der Waals surface area (Å²) in [6.45, 7) is 5.31. The summed E-state index contributed by atoms with van der Waals surface area (Å²) < 4.78 is 5.43. The van der Waals surface area contributed by atoms with Gasteiger partial charge in [-0.3, -0.25) is 4.79 Å². The molecule has 2 aromatic rings. The summed E-state index contributed by atoms with van der Waals surface area (Å²) in [4.78, 5) is 14.7. The van der Waals surface area contributed by atoms with Gasteiger partial charge in [0.25, 0.3) is 5.89 Å². The summed E-state index contributed by atoms with van der Waals surface area (Å²) in [7, 11) is 0. The molecule has 0 amide bonds. The molecule has 0 aliphatic rings. The van der Waals surface area contributed by atoms with E-state index in [1.807, 2.05) is 6.92 Å². The summed E-state index contributed by atoms with van der Waals surface area (Å²) in [5.74, 6) is 0.739. The third-order valence-corrected chi connectivity index (χ3v) is 2.46. The van der Waals surface area contributed by atoms with Crippen molar-refractivity contribution in [3.8, 4) is 11.5 Å². The highest BCUT2D eigenvalue weighted by molar-refractivity contribution is 5.50. The van der Waals surface area contributed by atoms with Crippen LogP contribution < -0.4 is 10.7 Å². The van der Waals surface area contributed by atoms with E-state index in [4.69, 9.17) is 4.42 Å². The molecule has 0 fully saturated rings. The van der Waals surface area contributed by atoms with Crippen molar-refractivity contribution in [3.05, 3.63) is 34.1 Å². The van der Waals surface area contributed by atoms with Gasteiger partial charge in [0.05, 0.1) is 6.54 Å². The molecule has 2 rings (SSSR count). The fraction of sp³-hybridized carbons (Fsp3) is 0.417. The van der Waals surface area contributed by atoms with Gasteiger partial charge in [-0.1, -0.05) is 6.92 Å². The second kappa shape index (κ2) is 5.59. The Hall–Kier alpha value is -1.95. The molecule has 0 atom stereocenters. The molecule has 2 N–H and O–H groups in total. The van der Waals surface area contributed by atoms with Crippen LogP contribution in [-0.4, -0.2) is 21.7 Å². The minimum atomic E-state index is -0.122. The van der Waals surface area contributed by atoms with Crippen LogP contribution in [0.3, 0.4) is 0 Å². The summed E-state index contributed by atoms with van der Waals surface area (Å²) in [5.41, 5.74) is 1.07. The van der Waals surface area contributed by atoms with Gasteiger partial charge in [0, 0.05) is 18.0 Å². The molecule has 6 heteroatoms. The number of H-pyrrole nitrogens is 1. The molecule has 0 saturated carbocycles. The first-order chi connectivity index (χ1) is 8.70. The second-order valence-electron chi connectivity index (χ2n) is 4.07. The molecule has 0 saturated heterocycles. The Morgan fingerprint density at radius 2 is 2.28 bits per heavy atom. The van der Waals surface area contributed by atoms with Gasteiger partial charge >= 0.3 is 0 Å². The fourth-order valence-electron chi connectivity index (χ4n) is 1.55. The Morgan fingerprint density at radius 1 is 1.44 bits per heavy atom. The van der Waals surface area contributed by atoms with Crippen LogP contribution in [-0.2, 0) is 6.54 Å². The smallest absolute Gasteiger partial charge is 0.253 e. The number of aromatic nitrogens is 3. The molecular formula is C12H16N4O2. The monoisotopic (exact) mass is 248 g/mol. The lowest BCUT2D eigenvalue weighted by molar-refractivity contribution is 0.477. The Bertz CT molecular complexity index is 573. The molecule has 0 aliphatic heterocycles. The Morgan fingerprint density at radius 3 is 3.00 bits per heavy atom. The van der Waals surface area contributed by atoms with Gasteiger partial charge in [0.2, 0.25) is 5.89 Å². The number of aromatic amines is 1. The average molecular weight is 248 g/mol. The van der Waals surface area contributed by atoms with Crippen LogP contribution in [0.1, 0.15) is 24.9 Å². The number of hydrogen-bond acceptors (Lipinski definition) is 5. The van der Waals surface area contributed by atoms with Crippen LogP contribution in [0.4, 0.5) is 0 Å². The highest BCUT2D eigenvalue weighted by atomic mass is 16.4. The van der Waals surface area contributed by atoms with E-state index in [1.54, 1.807) is 6.20 Å². The third kappa shape index (κ3) is 2.84. The van der Waals surface area contributed by atoms with Gasteiger partial charge in [0.15, 0.2) is 5.43 Å². The van der Waals surface area contributed by atoms with Gasteiger partial charge in [-0.2, -0.15) is 0 Å². The van der Waals surface area contributed by atoms with E-state index in [0.717, 1.165) is 18.7 Å². The highest BCUT2D eigenvalue weighted by Gasteiger charge is 2.11. The molecule has 0 bridgehead atoms. The van der Waals surface area contributed by atoms with E-state index in [9.17, 15) is 4.79 Å². The number of pyridine rings is 1. The van der Waals surface area contributed by atoms with E-state index in [1.165, 1.54) is 6.07 Å². The molecule has 0 radical (unpaired) electrons. The van der Waals surface area contributed by atoms with Crippen LogP contribution >= 0.6 is 0 Å². The van der Waals surface area contributed by atoms with Crippen molar-refractivity contribution in [1.29, 1.82) is 0 Å². The van der Waals surface area contributed by atoms with Crippen molar-refractivity contribution < 1.29 is 4.42 Å². The predicted octanol–water partition coefficient (Wildman–Crippen LogP) is 1.23. The van der Waals surface area contributed by atoms with Crippen LogP contribution in [0.5, 0.6) is 0 Å². The first-order valence-corrected chi connectivity index (χ1v) is 5.93. The van der Waals surface area contributed by atoms with Crippen molar-refractivity contribution in [3.63, 3.8) is 0 Å². The maximum atomic E-state index is 11.7. The quantitative estimate of drug-likeness (QED) is 0.777. The number of aryl methyl sites for hydroxylation is 1. The van der Waals surface area contributed by atoms with Crippen molar-refractivity contribution in [2.24, 2.45) is 0 Å². The summed E-state index contributed by atoms with van der Waals surface area (Å²) in [6, 6.07) is 1.51.